The van der Waals surface area contributed by atoms with Crippen LogP contribution in [0.1, 0.15) is 19.4 Å². The Kier molecular flexibility index (Phi) is 2.99. The van der Waals surface area contributed by atoms with Gasteiger partial charge >= 0.3 is 5.88 Å². The Hall–Kier alpha value is -2.01. The Morgan fingerprint density at radius 1 is 1.38 bits per heavy atom. The molecule has 0 amide bonds. The van der Waals surface area contributed by atoms with Crippen molar-refractivity contribution in [3.05, 3.63) is 23.8 Å². The van der Waals surface area contributed by atoms with Crippen molar-refractivity contribution < 1.29 is 24.3 Å². The van der Waals surface area contributed by atoms with Gasteiger partial charge < -0.3 is 19.7 Å². The van der Waals surface area contributed by atoms with Crippen LogP contribution >= 0.6 is 0 Å². The maximum atomic E-state index is 10.2. The van der Waals surface area contributed by atoms with Gasteiger partial charge in [0.05, 0.1) is 18.1 Å². The largest absolute Gasteiger partial charge is 0.502 e. The van der Waals surface area contributed by atoms with Gasteiger partial charge in [0.25, 0.3) is 5.52 Å². The molecular weight excluding hydrogens is 270 g/mol. The number of pyridine rings is 1. The highest BCUT2D eigenvalue weighted by Gasteiger charge is 2.42. The molecule has 112 valence electrons. The van der Waals surface area contributed by atoms with E-state index >= 15 is 0 Å². The van der Waals surface area contributed by atoms with E-state index in [4.69, 9.17) is 9.47 Å². The van der Waals surface area contributed by atoms with E-state index in [-0.39, 0.29) is 11.9 Å². The fourth-order valence-electron chi connectivity index (χ4n) is 2.95. The lowest BCUT2D eigenvalue weighted by atomic mass is 9.96. The van der Waals surface area contributed by atoms with Crippen LogP contribution < -0.4 is 14.0 Å². The van der Waals surface area contributed by atoms with E-state index in [1.807, 2.05) is 17.7 Å². The van der Waals surface area contributed by atoms with E-state index < -0.39 is 5.60 Å². The van der Waals surface area contributed by atoms with Crippen LogP contribution in [0, 0.1) is 0 Å². The monoisotopic (exact) mass is 290 g/mol. The second-order valence-corrected chi connectivity index (χ2v) is 6.01. The highest BCUT2D eigenvalue weighted by Crippen LogP contribution is 2.41. The molecular formula is C16H20NO4+. The molecule has 21 heavy (non-hydrogen) atoms. The van der Waals surface area contributed by atoms with E-state index in [0.29, 0.717) is 23.6 Å². The van der Waals surface area contributed by atoms with Crippen molar-refractivity contribution in [3.8, 4) is 17.4 Å². The normalized spacial score (nSPS) is 17.7. The summed E-state index contributed by atoms with van der Waals surface area (Å²) < 4.78 is 13.3. The topological polar surface area (TPSA) is 62.8 Å². The van der Waals surface area contributed by atoms with Crippen molar-refractivity contribution in [2.75, 3.05) is 7.11 Å². The quantitative estimate of drug-likeness (QED) is 0.822. The van der Waals surface area contributed by atoms with Gasteiger partial charge in [0.15, 0.2) is 5.75 Å². The fraction of sp³-hybridized carbons (Fsp3) is 0.438. The summed E-state index contributed by atoms with van der Waals surface area (Å²) in [6.45, 7) is 3.46. The molecule has 0 bridgehead atoms. The zero-order valence-corrected chi connectivity index (χ0v) is 12.7. The molecule has 1 atom stereocenters. The Balaban J connectivity index is 2.30. The van der Waals surface area contributed by atoms with E-state index in [2.05, 4.69) is 0 Å². The molecule has 0 saturated carbocycles. The number of phenolic OH excluding ortho intramolecular Hbond substituents is 1. The summed E-state index contributed by atoms with van der Waals surface area (Å²) in [5, 5.41) is 21.2. The van der Waals surface area contributed by atoms with E-state index in [1.54, 1.807) is 33.1 Å². The van der Waals surface area contributed by atoms with Crippen LogP contribution in [0.5, 0.6) is 17.4 Å². The average molecular weight is 290 g/mol. The minimum absolute atomic E-state index is 0.173. The van der Waals surface area contributed by atoms with Crippen LogP contribution in [-0.4, -0.2) is 29.0 Å². The maximum absolute atomic E-state index is 10.2. The van der Waals surface area contributed by atoms with Gasteiger partial charge in [-0.2, -0.15) is 4.57 Å². The van der Waals surface area contributed by atoms with Gasteiger partial charge in [-0.3, -0.25) is 0 Å². The molecule has 5 nitrogen and oxygen atoms in total. The van der Waals surface area contributed by atoms with E-state index in [0.717, 1.165) is 10.9 Å². The third-order valence-corrected chi connectivity index (χ3v) is 4.07. The molecule has 2 aromatic rings. The predicted molar refractivity (Wildman–Crippen MR) is 77.8 cm³/mol. The van der Waals surface area contributed by atoms with Gasteiger partial charge in [-0.1, -0.05) is 6.07 Å². The Morgan fingerprint density at radius 2 is 2.10 bits per heavy atom. The van der Waals surface area contributed by atoms with Crippen molar-refractivity contribution in [1.82, 2.24) is 0 Å². The molecule has 0 aliphatic carbocycles. The van der Waals surface area contributed by atoms with Gasteiger partial charge in [0.1, 0.15) is 24.5 Å². The van der Waals surface area contributed by atoms with Gasteiger partial charge in [0, 0.05) is 6.42 Å². The molecule has 1 aromatic carbocycles. The molecule has 5 heteroatoms. The molecule has 0 saturated heterocycles. The molecule has 1 aliphatic heterocycles. The first-order valence-corrected chi connectivity index (χ1v) is 6.94. The highest BCUT2D eigenvalue weighted by molar-refractivity contribution is 5.89. The number of benzene rings is 1. The molecule has 0 spiro atoms. The van der Waals surface area contributed by atoms with E-state index in [1.165, 1.54) is 0 Å². The molecule has 2 N–H and O–H groups in total. The number of hydrogen-bond donors (Lipinski definition) is 2. The number of phenols is 1. The summed E-state index contributed by atoms with van der Waals surface area (Å²) in [5.41, 5.74) is 0.625. The smallest absolute Gasteiger partial charge is 0.375 e. The third kappa shape index (κ3) is 2.00. The maximum Gasteiger partial charge on any atom is 0.375 e. The standard InChI is InChI=1S/C16H19NO4/c1-16(2,19)12-8-10-14(20-4)9-6-5-7-11(18)13(9)17(3)15(10)21-12/h5-7,12,19H,8H2,1-4H3/p+1/t12-/m1/s1. The van der Waals surface area contributed by atoms with Crippen LogP contribution in [0.2, 0.25) is 0 Å². The first kappa shape index (κ1) is 13.9. The number of methoxy groups -OCH3 is 1. The van der Waals surface area contributed by atoms with Crippen LogP contribution in [-0.2, 0) is 13.5 Å². The van der Waals surface area contributed by atoms with Crippen LogP contribution in [0.25, 0.3) is 10.9 Å². The number of hydrogen-bond acceptors (Lipinski definition) is 4. The predicted octanol–water partition coefficient (Wildman–Crippen LogP) is 1.45. The number of aromatic hydroxyl groups is 1. The lowest BCUT2D eigenvalue weighted by molar-refractivity contribution is -0.651. The van der Waals surface area contributed by atoms with Crippen molar-refractivity contribution in [1.29, 1.82) is 0 Å². The Bertz CT molecular complexity index is 719. The Morgan fingerprint density at radius 3 is 2.71 bits per heavy atom. The lowest BCUT2D eigenvalue weighted by Gasteiger charge is -2.23. The SMILES string of the molecule is COc1c2c([n+](C)c3c(O)cccc13)O[C@@H](C(C)(C)O)C2. The third-order valence-electron chi connectivity index (χ3n) is 4.07. The molecule has 0 radical (unpaired) electrons. The summed E-state index contributed by atoms with van der Waals surface area (Å²) in [7, 11) is 3.45. The Labute approximate surface area is 123 Å². The number of aromatic nitrogens is 1. The van der Waals surface area contributed by atoms with Crippen molar-refractivity contribution in [3.63, 3.8) is 0 Å². The van der Waals surface area contributed by atoms with Crippen molar-refractivity contribution in [2.24, 2.45) is 7.05 Å². The van der Waals surface area contributed by atoms with E-state index in [9.17, 15) is 10.2 Å². The van der Waals surface area contributed by atoms with Crippen LogP contribution in [0.4, 0.5) is 0 Å². The lowest BCUT2D eigenvalue weighted by Crippen LogP contribution is -2.41. The van der Waals surface area contributed by atoms with Gasteiger partial charge in [-0.05, 0) is 26.0 Å². The van der Waals surface area contributed by atoms with Gasteiger partial charge in [-0.25, -0.2) is 0 Å². The number of rotatable bonds is 2. The van der Waals surface area contributed by atoms with Gasteiger partial charge in [-0.15, -0.1) is 0 Å². The molecule has 0 unspecified atom stereocenters. The number of ether oxygens (including phenoxy) is 2. The first-order chi connectivity index (χ1) is 9.84. The second kappa shape index (κ2) is 4.49. The average Bonchev–Trinajstić information content (AvgIpc) is 2.84. The summed E-state index contributed by atoms with van der Waals surface area (Å²) in [6, 6.07) is 5.33. The minimum atomic E-state index is -0.953. The van der Waals surface area contributed by atoms with Crippen molar-refractivity contribution in [2.45, 2.75) is 32.0 Å². The second-order valence-electron chi connectivity index (χ2n) is 6.01. The molecule has 3 rings (SSSR count). The summed E-state index contributed by atoms with van der Waals surface area (Å²) in [5.74, 6) is 1.50. The number of para-hydroxylation sites is 1. The molecule has 1 aliphatic rings. The highest BCUT2D eigenvalue weighted by atomic mass is 16.5. The number of aliphatic hydroxyl groups is 1. The first-order valence-electron chi connectivity index (χ1n) is 6.94. The zero-order valence-electron chi connectivity index (χ0n) is 12.7. The number of nitrogens with zero attached hydrogens (tertiary/aromatic N) is 1. The molecule has 2 heterocycles. The minimum Gasteiger partial charge on any atom is -0.502 e. The molecule has 0 fully saturated rings. The fourth-order valence-corrected chi connectivity index (χ4v) is 2.95. The van der Waals surface area contributed by atoms with Crippen molar-refractivity contribution >= 4 is 10.9 Å². The van der Waals surface area contributed by atoms with Gasteiger partial charge in [0.2, 0.25) is 0 Å². The summed E-state index contributed by atoms with van der Waals surface area (Å²) >= 11 is 0. The van der Waals surface area contributed by atoms with Crippen LogP contribution in [0.3, 0.4) is 0 Å². The summed E-state index contributed by atoms with van der Waals surface area (Å²) in [4.78, 5) is 0. The molecule has 1 aromatic heterocycles. The zero-order chi connectivity index (χ0) is 15.4. The number of aryl methyl sites for hydroxylation is 1. The summed E-state index contributed by atoms with van der Waals surface area (Å²) in [6.07, 6.45) is 0.230. The number of fused-ring (bicyclic) bond motifs is 2. The van der Waals surface area contributed by atoms with Crippen LogP contribution in [0.15, 0.2) is 18.2 Å².